The Morgan fingerprint density at radius 1 is 1.20 bits per heavy atom. The molecule has 0 aliphatic rings. The molecule has 0 spiro atoms. The highest BCUT2D eigenvalue weighted by atomic mass is 35.5. The Morgan fingerprint density at radius 3 is 2.83 bits per heavy atom. The van der Waals surface area contributed by atoms with Crippen molar-refractivity contribution in [3.05, 3.63) is 64.3 Å². The molecule has 30 heavy (non-hydrogen) atoms. The summed E-state index contributed by atoms with van der Waals surface area (Å²) in [4.78, 5) is 16.9. The minimum Gasteiger partial charge on any atom is -0.497 e. The van der Waals surface area contributed by atoms with Gasteiger partial charge >= 0.3 is 0 Å². The largest absolute Gasteiger partial charge is 0.497 e. The van der Waals surface area contributed by atoms with E-state index in [-0.39, 0.29) is 10.9 Å². The van der Waals surface area contributed by atoms with Crippen LogP contribution in [0.2, 0.25) is 10.0 Å². The summed E-state index contributed by atoms with van der Waals surface area (Å²) in [6, 6.07) is 13.9. The molecule has 0 radical (unpaired) electrons. The average Bonchev–Trinajstić information content (AvgIpc) is 3.36. The van der Waals surface area contributed by atoms with Gasteiger partial charge in [0.15, 0.2) is 16.0 Å². The zero-order valence-electron chi connectivity index (χ0n) is 15.4. The number of nitrogens with one attached hydrogen (secondary N) is 2. The second-order valence-corrected chi connectivity index (χ2v) is 8.25. The summed E-state index contributed by atoms with van der Waals surface area (Å²) in [5.74, 6) is 0.743. The number of furan rings is 1. The third-order valence-corrected chi connectivity index (χ3v) is 6.05. The predicted molar refractivity (Wildman–Crippen MR) is 124 cm³/mol. The van der Waals surface area contributed by atoms with Crippen LogP contribution in [0.1, 0.15) is 10.6 Å². The summed E-state index contributed by atoms with van der Waals surface area (Å²) >= 11 is 18.9. The molecule has 0 aliphatic carbocycles. The Morgan fingerprint density at radius 2 is 2.03 bits per heavy atom. The van der Waals surface area contributed by atoms with E-state index >= 15 is 0 Å². The van der Waals surface area contributed by atoms with Crippen molar-refractivity contribution in [3.8, 4) is 17.1 Å². The van der Waals surface area contributed by atoms with E-state index in [4.69, 9.17) is 44.6 Å². The van der Waals surface area contributed by atoms with Gasteiger partial charge in [-0.25, -0.2) is 4.98 Å². The van der Waals surface area contributed by atoms with Crippen molar-refractivity contribution in [2.75, 3.05) is 12.4 Å². The molecule has 2 heterocycles. The van der Waals surface area contributed by atoms with E-state index in [1.165, 1.54) is 17.4 Å². The number of halogens is 2. The molecule has 0 unspecified atom stereocenters. The molecule has 0 fully saturated rings. The molecule has 4 aromatic rings. The molecule has 2 N–H and O–H groups in total. The van der Waals surface area contributed by atoms with Crippen LogP contribution in [0.3, 0.4) is 0 Å². The van der Waals surface area contributed by atoms with Crippen LogP contribution in [0.15, 0.2) is 52.9 Å². The van der Waals surface area contributed by atoms with E-state index < -0.39 is 5.91 Å². The smallest absolute Gasteiger partial charge is 0.293 e. The van der Waals surface area contributed by atoms with Crippen molar-refractivity contribution < 1.29 is 13.9 Å². The summed E-state index contributed by atoms with van der Waals surface area (Å²) in [5.41, 5.74) is 1.39. The lowest BCUT2D eigenvalue weighted by atomic mass is 10.2. The van der Waals surface area contributed by atoms with Gasteiger partial charge in [0.1, 0.15) is 11.5 Å². The number of aromatic nitrogens is 1. The lowest BCUT2D eigenvalue weighted by Crippen LogP contribution is -2.33. The summed E-state index contributed by atoms with van der Waals surface area (Å²) in [6.07, 6.45) is 0. The van der Waals surface area contributed by atoms with Gasteiger partial charge in [0.2, 0.25) is 0 Å². The zero-order valence-corrected chi connectivity index (χ0v) is 18.5. The number of benzene rings is 2. The first-order chi connectivity index (χ1) is 14.4. The number of carbonyl (C=O) groups excluding carboxylic acids is 1. The molecule has 0 atom stereocenters. The fourth-order valence-corrected chi connectivity index (χ4v) is 4.22. The van der Waals surface area contributed by atoms with Crippen molar-refractivity contribution in [2.24, 2.45) is 0 Å². The second-order valence-electron chi connectivity index (χ2n) is 6.03. The van der Waals surface area contributed by atoms with Gasteiger partial charge in [-0.05, 0) is 54.7 Å². The summed E-state index contributed by atoms with van der Waals surface area (Å²) in [5, 5.41) is 6.89. The normalized spacial score (nSPS) is 10.8. The van der Waals surface area contributed by atoms with E-state index in [9.17, 15) is 4.79 Å². The number of amides is 1. The monoisotopic (exact) mass is 477 g/mol. The van der Waals surface area contributed by atoms with Crippen molar-refractivity contribution in [1.82, 2.24) is 10.3 Å². The third-order valence-electron chi connectivity index (χ3n) is 4.09. The first-order valence-electron chi connectivity index (χ1n) is 8.56. The van der Waals surface area contributed by atoms with Crippen molar-refractivity contribution in [2.45, 2.75) is 0 Å². The Bertz CT molecular complexity index is 1270. The van der Waals surface area contributed by atoms with Crippen LogP contribution in [0.25, 0.3) is 21.5 Å². The molecule has 6 nitrogen and oxygen atoms in total. The number of rotatable bonds is 4. The van der Waals surface area contributed by atoms with Crippen LogP contribution in [-0.2, 0) is 0 Å². The molecule has 10 heteroatoms. The van der Waals surface area contributed by atoms with E-state index in [1.54, 1.807) is 31.4 Å². The number of methoxy groups -OCH3 is 1. The van der Waals surface area contributed by atoms with Crippen LogP contribution in [-0.4, -0.2) is 23.1 Å². The number of thiazole rings is 1. The zero-order chi connectivity index (χ0) is 21.3. The maximum Gasteiger partial charge on any atom is 0.293 e. The van der Waals surface area contributed by atoms with E-state index in [1.807, 2.05) is 18.2 Å². The number of nitrogens with zero attached hydrogens (tertiary/aromatic N) is 1. The summed E-state index contributed by atoms with van der Waals surface area (Å²) in [7, 11) is 1.60. The molecular formula is C20H13Cl2N3O3S2. The van der Waals surface area contributed by atoms with Crippen LogP contribution >= 0.6 is 46.8 Å². The lowest BCUT2D eigenvalue weighted by molar-refractivity contribution is 0.0951. The minimum atomic E-state index is -0.500. The Labute approximate surface area is 190 Å². The molecule has 1 amide bonds. The molecular weight excluding hydrogens is 465 g/mol. The molecule has 4 rings (SSSR count). The number of ether oxygens (including phenoxy) is 1. The Kier molecular flexibility index (Phi) is 5.92. The quantitative estimate of drug-likeness (QED) is 0.351. The highest BCUT2D eigenvalue weighted by molar-refractivity contribution is 7.80. The van der Waals surface area contributed by atoms with Crippen molar-refractivity contribution >= 4 is 73.1 Å². The van der Waals surface area contributed by atoms with Gasteiger partial charge in [0.25, 0.3) is 5.91 Å². The Hall–Kier alpha value is -2.65. The maximum absolute atomic E-state index is 12.5. The molecule has 0 saturated carbocycles. The highest BCUT2D eigenvalue weighted by Gasteiger charge is 2.16. The number of fused-ring (bicyclic) bond motifs is 1. The van der Waals surface area contributed by atoms with Gasteiger partial charge in [-0.2, -0.15) is 0 Å². The standard InChI is InChI=1S/C20H13Cl2N3O3S2/c1-27-10-5-6-13-16(9-10)30-20(23-13)25-19(29)24-18(26)15-8-7-14(28-15)11-3-2-4-12(21)17(11)22/h2-9H,1H3,(H2,23,24,25,26,29). The van der Waals surface area contributed by atoms with Crippen molar-refractivity contribution in [1.29, 1.82) is 0 Å². The minimum absolute atomic E-state index is 0.0826. The van der Waals surface area contributed by atoms with Gasteiger partial charge in [-0.3, -0.25) is 10.1 Å². The van der Waals surface area contributed by atoms with Gasteiger partial charge in [-0.1, -0.05) is 40.6 Å². The first-order valence-corrected chi connectivity index (χ1v) is 10.5. The SMILES string of the molecule is COc1ccc2nc(NC(=S)NC(=O)c3ccc(-c4cccc(Cl)c4Cl)o3)sc2c1. The molecule has 2 aromatic heterocycles. The van der Waals surface area contributed by atoms with E-state index in [2.05, 4.69) is 15.6 Å². The molecule has 2 aromatic carbocycles. The topological polar surface area (TPSA) is 76.4 Å². The van der Waals surface area contributed by atoms with Gasteiger partial charge in [0.05, 0.1) is 27.4 Å². The lowest BCUT2D eigenvalue weighted by Gasteiger charge is -2.05. The Balaban J connectivity index is 1.44. The number of hydrogen-bond acceptors (Lipinski definition) is 6. The number of thiocarbonyl (C=S) groups is 1. The van der Waals surface area contributed by atoms with Gasteiger partial charge < -0.3 is 14.5 Å². The van der Waals surface area contributed by atoms with Crippen LogP contribution in [0.4, 0.5) is 5.13 Å². The summed E-state index contributed by atoms with van der Waals surface area (Å²) < 4.78 is 11.8. The van der Waals surface area contributed by atoms with Crippen molar-refractivity contribution in [3.63, 3.8) is 0 Å². The first kappa shape index (κ1) is 20.6. The molecule has 0 bridgehead atoms. The predicted octanol–water partition coefficient (Wildman–Crippen LogP) is 6.00. The van der Waals surface area contributed by atoms with E-state index in [0.717, 1.165) is 16.0 Å². The highest BCUT2D eigenvalue weighted by Crippen LogP contribution is 2.34. The fourth-order valence-electron chi connectivity index (χ4n) is 2.68. The number of carbonyl (C=O) groups is 1. The van der Waals surface area contributed by atoms with Crippen LogP contribution in [0, 0.1) is 0 Å². The van der Waals surface area contributed by atoms with Crippen LogP contribution in [0.5, 0.6) is 5.75 Å². The summed E-state index contributed by atoms with van der Waals surface area (Å²) in [6.45, 7) is 0. The maximum atomic E-state index is 12.5. The average molecular weight is 478 g/mol. The van der Waals surface area contributed by atoms with E-state index in [0.29, 0.717) is 26.5 Å². The van der Waals surface area contributed by atoms with Crippen LogP contribution < -0.4 is 15.4 Å². The third kappa shape index (κ3) is 4.27. The van der Waals surface area contributed by atoms with Gasteiger partial charge in [0, 0.05) is 5.56 Å². The fraction of sp³-hybridized carbons (Fsp3) is 0.0500. The van der Waals surface area contributed by atoms with Gasteiger partial charge in [-0.15, -0.1) is 0 Å². The number of anilines is 1. The molecule has 0 saturated heterocycles. The second kappa shape index (κ2) is 8.61. The number of hydrogen-bond donors (Lipinski definition) is 2. The molecule has 0 aliphatic heterocycles. The molecule has 152 valence electrons.